The van der Waals surface area contributed by atoms with E-state index in [4.69, 9.17) is 9.15 Å². The number of anilines is 1. The minimum atomic E-state index is -0.171. The second-order valence-corrected chi connectivity index (χ2v) is 6.89. The first-order valence-electron chi connectivity index (χ1n) is 9.27. The Morgan fingerprint density at radius 3 is 2.64 bits per heavy atom. The van der Waals surface area contributed by atoms with Gasteiger partial charge in [-0.3, -0.25) is 4.79 Å². The van der Waals surface area contributed by atoms with Gasteiger partial charge in [0, 0.05) is 29.1 Å². The highest BCUT2D eigenvalue weighted by atomic mass is 16.5. The first-order valence-corrected chi connectivity index (χ1v) is 9.27. The number of hydrogen-bond donors (Lipinski definition) is 0. The van der Waals surface area contributed by atoms with Crippen LogP contribution in [0.2, 0.25) is 0 Å². The SMILES string of the molecule is CCN(C(=O)c1cc2cc3ccc(OC)cc3nc2o1)c1cc(C)ccc1C. The molecule has 0 saturated heterocycles. The monoisotopic (exact) mass is 374 g/mol. The first-order chi connectivity index (χ1) is 13.5. The molecule has 5 nitrogen and oxygen atoms in total. The maximum Gasteiger partial charge on any atom is 0.294 e. The molecule has 0 atom stereocenters. The quantitative estimate of drug-likeness (QED) is 0.488. The standard InChI is InChI=1S/C23H22N2O3/c1-5-25(20-10-14(2)6-7-15(20)3)23(26)21-12-17-11-16-8-9-18(27-4)13-19(16)24-22(17)28-21/h6-13H,5H2,1-4H3. The van der Waals surface area contributed by atoms with Crippen LogP contribution in [-0.2, 0) is 0 Å². The Labute approximate surface area is 163 Å². The van der Waals surface area contributed by atoms with Crippen LogP contribution < -0.4 is 9.64 Å². The Bertz CT molecular complexity index is 1190. The second kappa shape index (κ2) is 7.00. The molecule has 0 unspecified atom stereocenters. The van der Waals surface area contributed by atoms with Crippen molar-refractivity contribution in [3.8, 4) is 5.75 Å². The molecule has 0 fully saturated rings. The number of pyridine rings is 1. The Kier molecular flexibility index (Phi) is 4.51. The molecule has 0 aliphatic heterocycles. The number of carbonyl (C=O) groups is 1. The summed E-state index contributed by atoms with van der Waals surface area (Å²) in [6.07, 6.45) is 0. The number of amides is 1. The molecule has 0 radical (unpaired) electrons. The molecule has 1 amide bonds. The molecular weight excluding hydrogens is 352 g/mol. The maximum atomic E-state index is 13.2. The first kappa shape index (κ1) is 18.0. The number of aromatic nitrogens is 1. The van der Waals surface area contributed by atoms with Crippen molar-refractivity contribution in [3.63, 3.8) is 0 Å². The molecule has 0 spiro atoms. The molecule has 2 aromatic heterocycles. The van der Waals surface area contributed by atoms with E-state index in [1.807, 2.05) is 63.2 Å². The van der Waals surface area contributed by atoms with Crippen molar-refractivity contribution in [3.05, 3.63) is 65.4 Å². The van der Waals surface area contributed by atoms with Crippen LogP contribution in [0.3, 0.4) is 0 Å². The molecule has 0 bridgehead atoms. The molecule has 142 valence electrons. The van der Waals surface area contributed by atoms with E-state index in [1.165, 1.54) is 0 Å². The molecule has 0 aliphatic carbocycles. The lowest BCUT2D eigenvalue weighted by atomic mass is 10.1. The summed E-state index contributed by atoms with van der Waals surface area (Å²) in [5.41, 5.74) is 4.27. The zero-order valence-electron chi connectivity index (χ0n) is 16.4. The molecule has 2 heterocycles. The minimum absolute atomic E-state index is 0.171. The van der Waals surface area contributed by atoms with Crippen LogP contribution >= 0.6 is 0 Å². The number of nitrogens with zero attached hydrogens (tertiary/aromatic N) is 2. The summed E-state index contributed by atoms with van der Waals surface area (Å²) in [5.74, 6) is 0.845. The fourth-order valence-electron chi connectivity index (χ4n) is 3.40. The van der Waals surface area contributed by atoms with Crippen LogP contribution in [0.1, 0.15) is 28.6 Å². The summed E-state index contributed by atoms with van der Waals surface area (Å²) in [7, 11) is 1.62. The Morgan fingerprint density at radius 1 is 1.07 bits per heavy atom. The number of ether oxygens (including phenoxy) is 1. The molecular formula is C23H22N2O3. The Balaban J connectivity index is 1.77. The third-order valence-corrected chi connectivity index (χ3v) is 4.94. The lowest BCUT2D eigenvalue weighted by molar-refractivity contribution is 0.0963. The van der Waals surface area contributed by atoms with Crippen molar-refractivity contribution >= 4 is 33.6 Å². The number of carbonyl (C=O) groups excluding carboxylic acids is 1. The van der Waals surface area contributed by atoms with E-state index in [1.54, 1.807) is 18.1 Å². The fourth-order valence-corrected chi connectivity index (χ4v) is 3.40. The third kappa shape index (κ3) is 3.09. The second-order valence-electron chi connectivity index (χ2n) is 6.89. The van der Waals surface area contributed by atoms with Gasteiger partial charge in [-0.05, 0) is 62.2 Å². The topological polar surface area (TPSA) is 55.6 Å². The maximum absolute atomic E-state index is 13.2. The van der Waals surface area contributed by atoms with Gasteiger partial charge in [0.05, 0.1) is 12.6 Å². The highest BCUT2D eigenvalue weighted by Gasteiger charge is 2.22. The van der Waals surface area contributed by atoms with Gasteiger partial charge >= 0.3 is 0 Å². The molecule has 4 aromatic rings. The van der Waals surface area contributed by atoms with E-state index in [9.17, 15) is 4.79 Å². The molecule has 0 aliphatic rings. The van der Waals surface area contributed by atoms with Gasteiger partial charge in [-0.15, -0.1) is 0 Å². The average molecular weight is 374 g/mol. The number of rotatable bonds is 4. The van der Waals surface area contributed by atoms with Crippen molar-refractivity contribution in [2.75, 3.05) is 18.6 Å². The molecule has 0 N–H and O–H groups in total. The number of methoxy groups -OCH3 is 1. The van der Waals surface area contributed by atoms with Crippen LogP contribution in [0.5, 0.6) is 5.75 Å². The summed E-state index contributed by atoms with van der Waals surface area (Å²) >= 11 is 0. The van der Waals surface area contributed by atoms with E-state index in [0.717, 1.165) is 38.9 Å². The van der Waals surface area contributed by atoms with Crippen LogP contribution in [0.15, 0.2) is 52.9 Å². The van der Waals surface area contributed by atoms with E-state index < -0.39 is 0 Å². The number of benzene rings is 2. The van der Waals surface area contributed by atoms with E-state index in [2.05, 4.69) is 4.98 Å². The zero-order valence-corrected chi connectivity index (χ0v) is 16.4. The predicted octanol–water partition coefficient (Wildman–Crippen LogP) is 5.27. The number of fused-ring (bicyclic) bond motifs is 2. The molecule has 4 rings (SSSR count). The molecule has 2 aromatic carbocycles. The van der Waals surface area contributed by atoms with Gasteiger partial charge in [0.1, 0.15) is 5.75 Å². The van der Waals surface area contributed by atoms with Gasteiger partial charge in [0.2, 0.25) is 5.71 Å². The average Bonchev–Trinajstić information content (AvgIpc) is 3.11. The largest absolute Gasteiger partial charge is 0.497 e. The van der Waals surface area contributed by atoms with Crippen molar-refractivity contribution in [1.82, 2.24) is 4.98 Å². The van der Waals surface area contributed by atoms with Crippen LogP contribution in [0.4, 0.5) is 5.69 Å². The fraction of sp³-hybridized carbons (Fsp3) is 0.217. The third-order valence-electron chi connectivity index (χ3n) is 4.94. The summed E-state index contributed by atoms with van der Waals surface area (Å²) < 4.78 is 11.1. The molecule has 5 heteroatoms. The zero-order chi connectivity index (χ0) is 19.8. The van der Waals surface area contributed by atoms with Crippen LogP contribution in [0.25, 0.3) is 22.0 Å². The van der Waals surface area contributed by atoms with Gasteiger partial charge in [0.25, 0.3) is 5.91 Å². The van der Waals surface area contributed by atoms with Gasteiger partial charge in [0.15, 0.2) is 5.76 Å². The van der Waals surface area contributed by atoms with Gasteiger partial charge in [-0.2, -0.15) is 0 Å². The Hall–Kier alpha value is -3.34. The van der Waals surface area contributed by atoms with Gasteiger partial charge in [-0.25, -0.2) is 4.98 Å². The van der Waals surface area contributed by atoms with Crippen molar-refractivity contribution in [2.24, 2.45) is 0 Å². The highest BCUT2D eigenvalue weighted by molar-refractivity contribution is 6.07. The normalized spacial score (nSPS) is 11.1. The summed E-state index contributed by atoms with van der Waals surface area (Å²) in [6, 6.07) is 15.5. The van der Waals surface area contributed by atoms with Crippen molar-refractivity contribution in [2.45, 2.75) is 20.8 Å². The summed E-state index contributed by atoms with van der Waals surface area (Å²) in [5, 5.41) is 1.77. The smallest absolute Gasteiger partial charge is 0.294 e. The van der Waals surface area contributed by atoms with E-state index in [-0.39, 0.29) is 11.7 Å². The lowest BCUT2D eigenvalue weighted by Gasteiger charge is -2.22. The van der Waals surface area contributed by atoms with Gasteiger partial charge in [-0.1, -0.05) is 12.1 Å². The number of aryl methyl sites for hydroxylation is 2. The number of furan rings is 1. The van der Waals surface area contributed by atoms with Crippen molar-refractivity contribution in [1.29, 1.82) is 0 Å². The minimum Gasteiger partial charge on any atom is -0.497 e. The summed E-state index contributed by atoms with van der Waals surface area (Å²) in [6.45, 7) is 6.53. The van der Waals surface area contributed by atoms with Crippen LogP contribution in [0, 0.1) is 13.8 Å². The van der Waals surface area contributed by atoms with Gasteiger partial charge < -0.3 is 14.1 Å². The Morgan fingerprint density at radius 2 is 1.89 bits per heavy atom. The number of hydrogen-bond acceptors (Lipinski definition) is 4. The van der Waals surface area contributed by atoms with Crippen molar-refractivity contribution < 1.29 is 13.9 Å². The lowest BCUT2D eigenvalue weighted by Crippen LogP contribution is -2.31. The predicted molar refractivity (Wildman–Crippen MR) is 111 cm³/mol. The summed E-state index contributed by atoms with van der Waals surface area (Å²) in [4.78, 5) is 19.5. The molecule has 28 heavy (non-hydrogen) atoms. The van der Waals surface area contributed by atoms with Crippen LogP contribution in [-0.4, -0.2) is 24.5 Å². The van der Waals surface area contributed by atoms with E-state index in [0.29, 0.717) is 12.3 Å². The van der Waals surface area contributed by atoms with E-state index >= 15 is 0 Å². The highest BCUT2D eigenvalue weighted by Crippen LogP contribution is 2.28. The molecule has 0 saturated carbocycles.